The Kier molecular flexibility index (Phi) is 5.79. The number of aryl methyl sites for hydroxylation is 1. The first-order valence-corrected chi connectivity index (χ1v) is 6.37. The lowest BCUT2D eigenvalue weighted by atomic mass is 10.4. The van der Waals surface area contributed by atoms with E-state index in [0.29, 0.717) is 12.3 Å². The van der Waals surface area contributed by atoms with Gasteiger partial charge in [0.05, 0.1) is 7.11 Å². The number of thioether (sulfide) groups is 1. The molecule has 17 heavy (non-hydrogen) atoms. The first-order chi connectivity index (χ1) is 8.15. The number of ether oxygens (including phenoxy) is 1. The van der Waals surface area contributed by atoms with E-state index in [4.69, 9.17) is 5.73 Å². The van der Waals surface area contributed by atoms with E-state index in [0.717, 1.165) is 5.75 Å². The molecule has 0 aliphatic rings. The zero-order valence-corrected chi connectivity index (χ0v) is 10.5. The van der Waals surface area contributed by atoms with E-state index >= 15 is 0 Å². The molecule has 0 saturated carbocycles. The van der Waals surface area contributed by atoms with Crippen molar-refractivity contribution in [2.24, 2.45) is 5.73 Å². The van der Waals surface area contributed by atoms with Crippen LogP contribution in [0.3, 0.4) is 0 Å². The number of carbonyl (C=O) groups excluding carboxylic acids is 1. The predicted molar refractivity (Wildman–Crippen MR) is 68.0 cm³/mol. The Morgan fingerprint density at radius 2 is 2.35 bits per heavy atom. The van der Waals surface area contributed by atoms with E-state index < -0.39 is 12.0 Å². The fourth-order valence-corrected chi connectivity index (χ4v) is 2.12. The molecule has 1 rings (SSSR count). The summed E-state index contributed by atoms with van der Waals surface area (Å²) in [7, 11) is 1.32. The normalized spacial score (nSPS) is 12.1. The summed E-state index contributed by atoms with van der Waals surface area (Å²) in [6.45, 7) is 0.609. The Labute approximate surface area is 104 Å². The highest BCUT2D eigenvalue weighted by molar-refractivity contribution is 7.99. The van der Waals surface area contributed by atoms with Crippen molar-refractivity contribution in [3.05, 3.63) is 34.7 Å². The van der Waals surface area contributed by atoms with E-state index in [1.807, 2.05) is 6.07 Å². The highest BCUT2D eigenvalue weighted by atomic mass is 32.2. The minimum absolute atomic E-state index is 0.0228. The van der Waals surface area contributed by atoms with Gasteiger partial charge in [-0.15, -0.1) is 0 Å². The van der Waals surface area contributed by atoms with Crippen LogP contribution in [0.5, 0.6) is 0 Å². The molecule has 0 spiro atoms. The second-order valence-corrected chi connectivity index (χ2v) is 4.59. The third kappa shape index (κ3) is 4.62. The molecule has 5 nitrogen and oxygen atoms in total. The summed E-state index contributed by atoms with van der Waals surface area (Å²) in [4.78, 5) is 22.4. The zero-order valence-electron chi connectivity index (χ0n) is 9.67. The first kappa shape index (κ1) is 13.8. The summed E-state index contributed by atoms with van der Waals surface area (Å²) >= 11 is 1.52. The van der Waals surface area contributed by atoms with E-state index in [1.54, 1.807) is 16.8 Å². The molecule has 0 saturated heterocycles. The molecular formula is C11H16N2O3S. The second-order valence-electron chi connectivity index (χ2n) is 3.44. The van der Waals surface area contributed by atoms with Crippen molar-refractivity contribution in [1.29, 1.82) is 0 Å². The van der Waals surface area contributed by atoms with Crippen LogP contribution in [0.1, 0.15) is 0 Å². The van der Waals surface area contributed by atoms with Crippen molar-refractivity contribution in [3.63, 3.8) is 0 Å². The van der Waals surface area contributed by atoms with Crippen LogP contribution in [-0.2, 0) is 16.1 Å². The molecule has 1 heterocycles. The van der Waals surface area contributed by atoms with Crippen molar-refractivity contribution >= 4 is 17.7 Å². The Bertz CT molecular complexity index is 419. The minimum Gasteiger partial charge on any atom is -0.468 e. The monoisotopic (exact) mass is 256 g/mol. The summed E-state index contributed by atoms with van der Waals surface area (Å²) in [5.41, 5.74) is 5.55. The van der Waals surface area contributed by atoms with Crippen LogP contribution in [0, 0.1) is 0 Å². The Morgan fingerprint density at radius 3 is 3.00 bits per heavy atom. The highest BCUT2D eigenvalue weighted by Gasteiger charge is 2.12. The molecule has 0 bridgehead atoms. The molecule has 0 aliphatic heterocycles. The lowest BCUT2D eigenvalue weighted by molar-refractivity contribution is -0.141. The van der Waals surface area contributed by atoms with Crippen molar-refractivity contribution in [2.75, 3.05) is 18.6 Å². The molecule has 0 amide bonds. The topological polar surface area (TPSA) is 74.3 Å². The second kappa shape index (κ2) is 7.13. The van der Waals surface area contributed by atoms with Crippen molar-refractivity contribution in [3.8, 4) is 0 Å². The largest absolute Gasteiger partial charge is 0.468 e. The van der Waals surface area contributed by atoms with Crippen LogP contribution in [0.2, 0.25) is 0 Å². The van der Waals surface area contributed by atoms with Crippen LogP contribution >= 0.6 is 11.8 Å². The summed E-state index contributed by atoms with van der Waals surface area (Å²) < 4.78 is 6.14. The molecular weight excluding hydrogens is 240 g/mol. The Hall–Kier alpha value is -1.27. The number of rotatable bonds is 6. The summed E-state index contributed by atoms with van der Waals surface area (Å²) in [5, 5.41) is 0. The van der Waals surface area contributed by atoms with E-state index in [9.17, 15) is 9.59 Å². The first-order valence-electron chi connectivity index (χ1n) is 5.21. The van der Waals surface area contributed by atoms with Gasteiger partial charge in [-0.3, -0.25) is 9.59 Å². The molecule has 1 unspecified atom stereocenters. The maximum absolute atomic E-state index is 11.4. The Balaban J connectivity index is 2.27. The average molecular weight is 256 g/mol. The van der Waals surface area contributed by atoms with E-state index in [1.165, 1.54) is 24.9 Å². The quantitative estimate of drug-likeness (QED) is 0.576. The number of hydrogen-bond acceptors (Lipinski definition) is 5. The number of carbonyl (C=O) groups is 1. The standard InChI is InChI=1S/C11H16N2O3S/c1-16-11(15)9(12)8-17-7-6-13-5-3-2-4-10(13)14/h2-5,9H,6-8,12H2,1H3. The van der Waals surface area contributed by atoms with Gasteiger partial charge in [0.25, 0.3) is 5.56 Å². The molecule has 0 radical (unpaired) electrons. The smallest absolute Gasteiger partial charge is 0.323 e. The number of hydrogen-bond donors (Lipinski definition) is 1. The van der Waals surface area contributed by atoms with Gasteiger partial charge in [0.2, 0.25) is 0 Å². The van der Waals surface area contributed by atoms with Crippen LogP contribution in [0.25, 0.3) is 0 Å². The van der Waals surface area contributed by atoms with Gasteiger partial charge in [0.1, 0.15) is 6.04 Å². The fourth-order valence-electron chi connectivity index (χ4n) is 1.24. The molecule has 94 valence electrons. The third-order valence-electron chi connectivity index (χ3n) is 2.18. The van der Waals surface area contributed by atoms with Gasteiger partial charge < -0.3 is 15.0 Å². The zero-order chi connectivity index (χ0) is 12.7. The van der Waals surface area contributed by atoms with Crippen LogP contribution in [0.4, 0.5) is 0 Å². The van der Waals surface area contributed by atoms with Gasteiger partial charge in [-0.05, 0) is 6.07 Å². The molecule has 2 N–H and O–H groups in total. The molecule has 1 aromatic rings. The van der Waals surface area contributed by atoms with Crippen molar-refractivity contribution in [2.45, 2.75) is 12.6 Å². The number of aromatic nitrogens is 1. The van der Waals surface area contributed by atoms with Crippen LogP contribution in [0.15, 0.2) is 29.2 Å². The number of nitrogens with zero attached hydrogens (tertiary/aromatic N) is 1. The summed E-state index contributed by atoms with van der Waals surface area (Å²) in [5.74, 6) is 0.817. The molecule has 0 fully saturated rings. The van der Waals surface area contributed by atoms with Gasteiger partial charge >= 0.3 is 5.97 Å². The average Bonchev–Trinajstić information content (AvgIpc) is 2.35. The number of nitrogens with two attached hydrogens (primary N) is 1. The summed E-state index contributed by atoms with van der Waals surface area (Å²) in [6, 6.07) is 4.44. The SMILES string of the molecule is COC(=O)C(N)CSCCn1ccccc1=O. The molecule has 0 aliphatic carbocycles. The summed E-state index contributed by atoms with van der Waals surface area (Å²) in [6.07, 6.45) is 1.74. The molecule has 6 heteroatoms. The number of esters is 1. The lowest BCUT2D eigenvalue weighted by Crippen LogP contribution is -2.34. The number of methoxy groups -OCH3 is 1. The minimum atomic E-state index is -0.600. The third-order valence-corrected chi connectivity index (χ3v) is 3.24. The molecule has 0 aromatic carbocycles. The highest BCUT2D eigenvalue weighted by Crippen LogP contribution is 2.03. The lowest BCUT2D eigenvalue weighted by Gasteiger charge is -2.09. The Morgan fingerprint density at radius 1 is 1.59 bits per heavy atom. The maximum Gasteiger partial charge on any atom is 0.323 e. The molecule has 1 atom stereocenters. The maximum atomic E-state index is 11.4. The van der Waals surface area contributed by atoms with Gasteiger partial charge in [-0.2, -0.15) is 11.8 Å². The van der Waals surface area contributed by atoms with Crippen molar-refractivity contribution < 1.29 is 9.53 Å². The van der Waals surface area contributed by atoms with Crippen LogP contribution < -0.4 is 11.3 Å². The molecule has 1 aromatic heterocycles. The van der Waals surface area contributed by atoms with E-state index in [2.05, 4.69) is 4.74 Å². The van der Waals surface area contributed by atoms with E-state index in [-0.39, 0.29) is 5.56 Å². The van der Waals surface area contributed by atoms with Gasteiger partial charge in [-0.1, -0.05) is 6.07 Å². The van der Waals surface area contributed by atoms with Gasteiger partial charge in [0.15, 0.2) is 0 Å². The van der Waals surface area contributed by atoms with Gasteiger partial charge in [-0.25, -0.2) is 0 Å². The van der Waals surface area contributed by atoms with Crippen LogP contribution in [-0.4, -0.2) is 35.2 Å². The predicted octanol–water partition coefficient (Wildman–Crippen LogP) is 0.0818. The fraction of sp³-hybridized carbons (Fsp3) is 0.455. The number of pyridine rings is 1. The van der Waals surface area contributed by atoms with Crippen molar-refractivity contribution in [1.82, 2.24) is 4.57 Å². The van der Waals surface area contributed by atoms with Gasteiger partial charge in [0, 0.05) is 30.3 Å².